The van der Waals surface area contributed by atoms with Gasteiger partial charge in [-0.15, -0.1) is 0 Å². The van der Waals surface area contributed by atoms with E-state index in [9.17, 15) is 13.2 Å². The molecule has 2 heterocycles. The van der Waals surface area contributed by atoms with Crippen LogP contribution in [0.1, 0.15) is 0 Å². The van der Waals surface area contributed by atoms with E-state index in [1.54, 1.807) is 0 Å². The highest BCUT2D eigenvalue weighted by molar-refractivity contribution is 7.89. The molecular formula is C9H12N4O4S. The molecule has 0 bridgehead atoms. The average molecular weight is 272 g/mol. The number of hydrogen-bond acceptors (Lipinski definition) is 6. The Balaban J connectivity index is 2.36. The standard InChI is InChI=1S/C9H12N4O4S/c14-8(15)7-6-10-4-5-13(7)18(16,17)9-11-2-1-3-12-9/h1-3,7,10H,4-6H2,(H,14,15)/t7-/m0/s1. The van der Waals surface area contributed by atoms with Gasteiger partial charge in [-0.2, -0.15) is 4.31 Å². The first-order valence-electron chi connectivity index (χ1n) is 5.26. The third-order valence-corrected chi connectivity index (χ3v) is 4.29. The number of carboxylic acids is 1. The Hall–Kier alpha value is -1.58. The molecule has 1 saturated heterocycles. The lowest BCUT2D eigenvalue weighted by atomic mass is 10.2. The Bertz CT molecular complexity index is 533. The Morgan fingerprint density at radius 3 is 2.72 bits per heavy atom. The number of hydrogen-bond donors (Lipinski definition) is 2. The molecule has 0 aromatic carbocycles. The Labute approximate surface area is 104 Å². The van der Waals surface area contributed by atoms with Gasteiger partial charge in [-0.3, -0.25) is 4.79 Å². The number of nitrogens with zero attached hydrogens (tertiary/aromatic N) is 3. The van der Waals surface area contributed by atoms with E-state index in [1.165, 1.54) is 18.5 Å². The Morgan fingerprint density at radius 1 is 1.44 bits per heavy atom. The molecule has 0 saturated carbocycles. The molecule has 2 rings (SSSR count). The molecule has 1 atom stereocenters. The molecule has 18 heavy (non-hydrogen) atoms. The van der Waals surface area contributed by atoms with Crippen molar-refractivity contribution in [3.63, 3.8) is 0 Å². The van der Waals surface area contributed by atoms with Crippen LogP contribution in [0.5, 0.6) is 0 Å². The summed E-state index contributed by atoms with van der Waals surface area (Å²) in [5.41, 5.74) is 0. The monoisotopic (exact) mass is 272 g/mol. The number of carbonyl (C=O) groups is 1. The van der Waals surface area contributed by atoms with Gasteiger partial charge in [0, 0.05) is 32.0 Å². The quantitative estimate of drug-likeness (QED) is 0.645. The zero-order valence-corrected chi connectivity index (χ0v) is 10.2. The minimum absolute atomic E-state index is 0.0708. The van der Waals surface area contributed by atoms with Crippen LogP contribution in [-0.4, -0.2) is 59.4 Å². The van der Waals surface area contributed by atoms with Crippen LogP contribution < -0.4 is 5.32 Å². The smallest absolute Gasteiger partial charge is 0.323 e. The predicted octanol–water partition coefficient (Wildman–Crippen LogP) is -1.48. The zero-order valence-electron chi connectivity index (χ0n) is 9.35. The van der Waals surface area contributed by atoms with E-state index in [2.05, 4.69) is 15.3 Å². The minimum Gasteiger partial charge on any atom is -0.480 e. The maximum absolute atomic E-state index is 12.2. The summed E-state index contributed by atoms with van der Waals surface area (Å²) in [6.07, 6.45) is 2.61. The second-order valence-electron chi connectivity index (χ2n) is 3.71. The predicted molar refractivity (Wildman–Crippen MR) is 60.2 cm³/mol. The highest BCUT2D eigenvalue weighted by Gasteiger charge is 2.38. The first-order valence-corrected chi connectivity index (χ1v) is 6.70. The fraction of sp³-hybridized carbons (Fsp3) is 0.444. The lowest BCUT2D eigenvalue weighted by molar-refractivity contribution is -0.141. The van der Waals surface area contributed by atoms with Crippen molar-refractivity contribution in [3.05, 3.63) is 18.5 Å². The minimum atomic E-state index is -3.97. The Morgan fingerprint density at radius 2 is 2.11 bits per heavy atom. The SMILES string of the molecule is O=C(O)[C@@H]1CNCCN1S(=O)(=O)c1ncccn1. The van der Waals surface area contributed by atoms with E-state index in [4.69, 9.17) is 5.11 Å². The van der Waals surface area contributed by atoms with Crippen LogP contribution in [0.3, 0.4) is 0 Å². The van der Waals surface area contributed by atoms with Gasteiger partial charge in [-0.05, 0) is 6.07 Å². The summed E-state index contributed by atoms with van der Waals surface area (Å²) < 4.78 is 25.3. The molecule has 8 nitrogen and oxygen atoms in total. The van der Waals surface area contributed by atoms with E-state index in [1.807, 2.05) is 0 Å². The molecule has 0 radical (unpaired) electrons. The lowest BCUT2D eigenvalue weighted by Gasteiger charge is -2.31. The highest BCUT2D eigenvalue weighted by atomic mass is 32.2. The van der Waals surface area contributed by atoms with Crippen LogP contribution in [0.2, 0.25) is 0 Å². The van der Waals surface area contributed by atoms with Gasteiger partial charge in [0.2, 0.25) is 0 Å². The van der Waals surface area contributed by atoms with Gasteiger partial charge in [0.15, 0.2) is 0 Å². The maximum Gasteiger partial charge on any atom is 0.323 e. The van der Waals surface area contributed by atoms with Crippen molar-refractivity contribution >= 4 is 16.0 Å². The number of carboxylic acid groups (broad SMARTS) is 1. The molecule has 1 fully saturated rings. The summed E-state index contributed by atoms with van der Waals surface area (Å²) in [6.45, 7) is 0.550. The first kappa shape index (κ1) is 12.9. The number of aliphatic carboxylic acids is 1. The summed E-state index contributed by atoms with van der Waals surface area (Å²) in [6, 6.07) is 0.360. The van der Waals surface area contributed by atoms with Crippen molar-refractivity contribution in [2.24, 2.45) is 0 Å². The highest BCUT2D eigenvalue weighted by Crippen LogP contribution is 2.15. The average Bonchev–Trinajstić information content (AvgIpc) is 2.39. The largest absolute Gasteiger partial charge is 0.480 e. The van der Waals surface area contributed by atoms with Crippen molar-refractivity contribution in [1.82, 2.24) is 19.6 Å². The first-order chi connectivity index (χ1) is 8.53. The topological polar surface area (TPSA) is 112 Å². The van der Waals surface area contributed by atoms with Gasteiger partial charge >= 0.3 is 5.97 Å². The normalized spacial score (nSPS) is 21.7. The molecule has 1 aliphatic rings. The van der Waals surface area contributed by atoms with Crippen LogP contribution in [0.25, 0.3) is 0 Å². The van der Waals surface area contributed by atoms with Gasteiger partial charge in [0.1, 0.15) is 6.04 Å². The van der Waals surface area contributed by atoms with E-state index in [0.717, 1.165) is 4.31 Å². The molecule has 0 spiro atoms. The van der Waals surface area contributed by atoms with E-state index in [0.29, 0.717) is 6.54 Å². The van der Waals surface area contributed by atoms with Crippen LogP contribution in [0, 0.1) is 0 Å². The van der Waals surface area contributed by atoms with Crippen molar-refractivity contribution < 1.29 is 18.3 Å². The molecule has 1 aromatic heterocycles. The van der Waals surface area contributed by atoms with Gasteiger partial charge in [-0.25, -0.2) is 18.4 Å². The molecule has 0 unspecified atom stereocenters. The molecule has 9 heteroatoms. The molecule has 2 N–H and O–H groups in total. The summed E-state index contributed by atoms with van der Waals surface area (Å²) in [7, 11) is -3.97. The van der Waals surface area contributed by atoms with Crippen LogP contribution in [0.4, 0.5) is 0 Å². The number of rotatable bonds is 3. The van der Waals surface area contributed by atoms with Crippen LogP contribution in [0.15, 0.2) is 23.6 Å². The van der Waals surface area contributed by atoms with Gasteiger partial charge in [0.05, 0.1) is 0 Å². The molecule has 1 aliphatic heterocycles. The lowest BCUT2D eigenvalue weighted by Crippen LogP contribution is -2.57. The van der Waals surface area contributed by atoms with Crippen molar-refractivity contribution in [2.75, 3.05) is 19.6 Å². The number of aromatic nitrogens is 2. The van der Waals surface area contributed by atoms with Crippen molar-refractivity contribution in [3.8, 4) is 0 Å². The molecular weight excluding hydrogens is 260 g/mol. The van der Waals surface area contributed by atoms with Gasteiger partial charge in [-0.1, -0.05) is 0 Å². The second-order valence-corrected chi connectivity index (χ2v) is 5.49. The van der Waals surface area contributed by atoms with Gasteiger partial charge < -0.3 is 10.4 Å². The third kappa shape index (κ3) is 2.33. The summed E-state index contributed by atoms with van der Waals surface area (Å²) in [5, 5.41) is 11.5. The molecule has 0 aliphatic carbocycles. The van der Waals surface area contributed by atoms with Crippen LogP contribution >= 0.6 is 0 Å². The molecule has 0 amide bonds. The number of nitrogens with one attached hydrogen (secondary N) is 1. The second kappa shape index (κ2) is 4.96. The fourth-order valence-corrected chi connectivity index (χ4v) is 3.14. The van der Waals surface area contributed by atoms with E-state index < -0.39 is 22.0 Å². The maximum atomic E-state index is 12.2. The van der Waals surface area contributed by atoms with Crippen molar-refractivity contribution in [1.29, 1.82) is 0 Å². The van der Waals surface area contributed by atoms with Crippen molar-refractivity contribution in [2.45, 2.75) is 11.2 Å². The molecule has 1 aromatic rings. The Kier molecular flexibility index (Phi) is 3.55. The summed E-state index contributed by atoms with van der Waals surface area (Å²) >= 11 is 0. The van der Waals surface area contributed by atoms with Crippen LogP contribution in [-0.2, 0) is 14.8 Å². The summed E-state index contributed by atoms with van der Waals surface area (Å²) in [4.78, 5) is 18.4. The van der Waals surface area contributed by atoms with E-state index >= 15 is 0 Å². The third-order valence-electron chi connectivity index (χ3n) is 2.56. The van der Waals surface area contributed by atoms with Gasteiger partial charge in [0.25, 0.3) is 15.2 Å². The fourth-order valence-electron chi connectivity index (χ4n) is 1.71. The number of piperazine rings is 1. The summed E-state index contributed by atoms with van der Waals surface area (Å²) in [5.74, 6) is -1.19. The van der Waals surface area contributed by atoms with E-state index in [-0.39, 0.29) is 18.2 Å². The zero-order chi connectivity index (χ0) is 13.2. The number of sulfonamides is 1. The molecule has 98 valence electrons.